The van der Waals surface area contributed by atoms with Crippen molar-refractivity contribution in [3.05, 3.63) is 126 Å². The number of rotatable bonds is 15. The number of aryl methyl sites for hydroxylation is 1. The highest BCUT2D eigenvalue weighted by molar-refractivity contribution is 7.92. The van der Waals surface area contributed by atoms with Crippen LogP contribution in [0.2, 0.25) is 0 Å². The van der Waals surface area contributed by atoms with Crippen molar-refractivity contribution in [3.63, 3.8) is 0 Å². The lowest BCUT2D eigenvalue weighted by molar-refractivity contribution is -0.140. The molecule has 4 rings (SSSR count). The lowest BCUT2D eigenvalue weighted by Crippen LogP contribution is -2.53. The second-order valence-electron chi connectivity index (χ2n) is 10.7. The first kappa shape index (κ1) is 33.3. The van der Waals surface area contributed by atoms with Gasteiger partial charge < -0.3 is 15.0 Å². The Hall–Kier alpha value is -4.63. The van der Waals surface area contributed by atoms with E-state index in [0.29, 0.717) is 18.9 Å². The molecule has 9 heteroatoms. The van der Waals surface area contributed by atoms with E-state index in [1.165, 1.54) is 17.0 Å². The van der Waals surface area contributed by atoms with Crippen molar-refractivity contribution in [2.45, 2.75) is 51.1 Å². The molecule has 4 aromatic rings. The highest BCUT2D eigenvalue weighted by Gasteiger charge is 2.35. The SMILES string of the molecule is CCCNC(=O)[C@@H](Cc1ccccc1)N(Cc1ccc(C)cc1)C(=O)CN(c1ccccc1OCC)S(=O)(=O)c1ccccc1. The highest BCUT2D eigenvalue weighted by Crippen LogP contribution is 2.33. The van der Waals surface area contributed by atoms with Crippen LogP contribution >= 0.6 is 0 Å². The topological polar surface area (TPSA) is 96.0 Å². The van der Waals surface area contributed by atoms with Gasteiger partial charge in [-0.2, -0.15) is 0 Å². The summed E-state index contributed by atoms with van der Waals surface area (Å²) in [5.74, 6) is -0.485. The molecule has 0 heterocycles. The molecule has 0 aliphatic heterocycles. The Morgan fingerprint density at radius 1 is 0.800 bits per heavy atom. The molecule has 45 heavy (non-hydrogen) atoms. The van der Waals surface area contributed by atoms with Crippen LogP contribution in [-0.4, -0.2) is 50.9 Å². The Morgan fingerprint density at radius 3 is 2.07 bits per heavy atom. The summed E-state index contributed by atoms with van der Waals surface area (Å²) in [7, 11) is -4.22. The second kappa shape index (κ2) is 15.9. The quantitative estimate of drug-likeness (QED) is 0.181. The fourth-order valence-corrected chi connectivity index (χ4v) is 6.43. The Bertz CT molecular complexity index is 1650. The fourth-order valence-electron chi connectivity index (χ4n) is 4.98. The standard InChI is InChI=1S/C36H41N3O5S/c1-4-24-37-36(41)33(25-29-14-8-6-9-15-29)38(26-30-22-20-28(3)21-23-30)35(40)27-39(32-18-12-13-19-34(32)44-5-2)45(42,43)31-16-10-7-11-17-31/h6-23,33H,4-5,24-27H2,1-3H3,(H,37,41)/t33-/m1/s1. The molecule has 0 fully saturated rings. The van der Waals surface area contributed by atoms with Gasteiger partial charge in [-0.25, -0.2) is 8.42 Å². The van der Waals surface area contributed by atoms with Crippen molar-refractivity contribution in [2.24, 2.45) is 0 Å². The Balaban J connectivity index is 1.82. The minimum atomic E-state index is -4.22. The van der Waals surface area contributed by atoms with Crippen LogP contribution in [0.25, 0.3) is 0 Å². The molecule has 1 atom stereocenters. The van der Waals surface area contributed by atoms with E-state index in [1.807, 2.05) is 75.4 Å². The minimum Gasteiger partial charge on any atom is -0.492 e. The Morgan fingerprint density at radius 2 is 1.42 bits per heavy atom. The predicted octanol–water partition coefficient (Wildman–Crippen LogP) is 5.76. The van der Waals surface area contributed by atoms with Gasteiger partial charge >= 0.3 is 0 Å². The number of nitrogens with one attached hydrogen (secondary N) is 1. The zero-order chi connectivity index (χ0) is 32.2. The number of para-hydroxylation sites is 2. The summed E-state index contributed by atoms with van der Waals surface area (Å²) in [6, 6.07) is 31.1. The lowest BCUT2D eigenvalue weighted by Gasteiger charge is -2.34. The Labute approximate surface area is 266 Å². The van der Waals surface area contributed by atoms with Gasteiger partial charge in [0.2, 0.25) is 11.8 Å². The van der Waals surface area contributed by atoms with Gasteiger partial charge in [-0.3, -0.25) is 13.9 Å². The third-order valence-electron chi connectivity index (χ3n) is 7.34. The van der Waals surface area contributed by atoms with E-state index in [4.69, 9.17) is 4.74 Å². The summed E-state index contributed by atoms with van der Waals surface area (Å²) in [6.45, 7) is 6.08. The van der Waals surface area contributed by atoms with Gasteiger partial charge in [-0.15, -0.1) is 0 Å². The predicted molar refractivity (Wildman–Crippen MR) is 178 cm³/mol. The molecule has 0 bridgehead atoms. The van der Waals surface area contributed by atoms with Crippen LogP contribution in [0.15, 0.2) is 114 Å². The maximum absolute atomic E-state index is 14.6. The molecule has 0 unspecified atom stereocenters. The maximum atomic E-state index is 14.6. The normalized spacial score (nSPS) is 11.8. The fraction of sp³-hybridized carbons (Fsp3) is 0.278. The average Bonchev–Trinajstić information content (AvgIpc) is 3.06. The Kier molecular flexibility index (Phi) is 11.8. The maximum Gasteiger partial charge on any atom is 0.264 e. The summed E-state index contributed by atoms with van der Waals surface area (Å²) in [4.78, 5) is 29.8. The van der Waals surface area contributed by atoms with Gasteiger partial charge in [-0.05, 0) is 55.7 Å². The summed E-state index contributed by atoms with van der Waals surface area (Å²) >= 11 is 0. The van der Waals surface area contributed by atoms with Crippen molar-refractivity contribution >= 4 is 27.5 Å². The van der Waals surface area contributed by atoms with Gasteiger partial charge in [0.05, 0.1) is 17.2 Å². The molecule has 0 radical (unpaired) electrons. The van der Waals surface area contributed by atoms with Crippen LogP contribution in [0.3, 0.4) is 0 Å². The number of nitrogens with zero attached hydrogens (tertiary/aromatic N) is 2. The number of ether oxygens (including phenoxy) is 1. The molecule has 0 aliphatic rings. The number of benzene rings is 4. The molecular formula is C36H41N3O5S. The first-order valence-electron chi connectivity index (χ1n) is 15.2. The van der Waals surface area contributed by atoms with Gasteiger partial charge in [0, 0.05) is 19.5 Å². The molecule has 0 aliphatic carbocycles. The van der Waals surface area contributed by atoms with Crippen molar-refractivity contribution in [1.82, 2.24) is 10.2 Å². The van der Waals surface area contributed by atoms with Crippen molar-refractivity contribution < 1.29 is 22.7 Å². The van der Waals surface area contributed by atoms with E-state index in [0.717, 1.165) is 27.4 Å². The first-order valence-corrected chi connectivity index (χ1v) is 16.6. The van der Waals surface area contributed by atoms with Gasteiger partial charge in [0.25, 0.3) is 10.0 Å². The largest absolute Gasteiger partial charge is 0.492 e. The zero-order valence-electron chi connectivity index (χ0n) is 26.1. The molecule has 8 nitrogen and oxygen atoms in total. The van der Waals surface area contributed by atoms with Crippen LogP contribution in [0.5, 0.6) is 5.75 Å². The molecule has 0 saturated carbocycles. The van der Waals surface area contributed by atoms with E-state index in [1.54, 1.807) is 42.5 Å². The summed E-state index contributed by atoms with van der Waals surface area (Å²) in [5.41, 5.74) is 3.00. The minimum absolute atomic E-state index is 0.0377. The van der Waals surface area contributed by atoms with Crippen LogP contribution in [0.4, 0.5) is 5.69 Å². The van der Waals surface area contributed by atoms with Crippen LogP contribution < -0.4 is 14.4 Å². The van der Waals surface area contributed by atoms with Crippen molar-refractivity contribution in [2.75, 3.05) is 24.0 Å². The molecule has 0 saturated heterocycles. The first-order chi connectivity index (χ1) is 21.7. The smallest absolute Gasteiger partial charge is 0.264 e. The summed E-state index contributed by atoms with van der Waals surface area (Å²) in [6.07, 6.45) is 0.988. The number of carbonyl (C=O) groups excluding carboxylic acids is 2. The molecular weight excluding hydrogens is 586 g/mol. The average molecular weight is 628 g/mol. The van der Waals surface area contributed by atoms with Gasteiger partial charge in [-0.1, -0.05) is 97.4 Å². The van der Waals surface area contributed by atoms with Crippen molar-refractivity contribution in [1.29, 1.82) is 0 Å². The van der Waals surface area contributed by atoms with E-state index >= 15 is 0 Å². The number of hydrogen-bond acceptors (Lipinski definition) is 5. The van der Waals surface area contributed by atoms with Crippen LogP contribution in [-0.2, 0) is 32.6 Å². The van der Waals surface area contributed by atoms with Crippen LogP contribution in [0, 0.1) is 6.92 Å². The lowest BCUT2D eigenvalue weighted by atomic mass is 10.0. The van der Waals surface area contributed by atoms with Crippen molar-refractivity contribution in [3.8, 4) is 5.75 Å². The van der Waals surface area contributed by atoms with E-state index in [-0.39, 0.29) is 29.5 Å². The molecule has 2 amide bonds. The van der Waals surface area contributed by atoms with Gasteiger partial charge in [0.1, 0.15) is 18.3 Å². The van der Waals surface area contributed by atoms with Gasteiger partial charge in [0.15, 0.2) is 0 Å². The number of anilines is 1. The van der Waals surface area contributed by atoms with E-state index in [9.17, 15) is 18.0 Å². The third-order valence-corrected chi connectivity index (χ3v) is 9.11. The summed E-state index contributed by atoms with van der Waals surface area (Å²) < 4.78 is 35.3. The molecule has 4 aromatic carbocycles. The molecule has 0 spiro atoms. The number of amides is 2. The highest BCUT2D eigenvalue weighted by atomic mass is 32.2. The third kappa shape index (κ3) is 8.73. The molecule has 0 aromatic heterocycles. The monoisotopic (exact) mass is 627 g/mol. The zero-order valence-corrected chi connectivity index (χ0v) is 26.9. The number of hydrogen-bond donors (Lipinski definition) is 1. The van der Waals surface area contributed by atoms with Crippen LogP contribution in [0.1, 0.15) is 37.0 Å². The number of sulfonamides is 1. The number of carbonyl (C=O) groups is 2. The molecule has 236 valence electrons. The summed E-state index contributed by atoms with van der Waals surface area (Å²) in [5, 5.41) is 2.97. The molecule has 1 N–H and O–H groups in total. The van der Waals surface area contributed by atoms with E-state index in [2.05, 4.69) is 5.32 Å². The second-order valence-corrected chi connectivity index (χ2v) is 12.6. The van der Waals surface area contributed by atoms with E-state index < -0.39 is 28.5 Å².